The molecule has 0 aromatic heterocycles. The number of rotatable bonds is 4. The third-order valence-corrected chi connectivity index (χ3v) is 5.87. The van der Waals surface area contributed by atoms with Crippen LogP contribution in [0.3, 0.4) is 0 Å². The number of ether oxygens (including phenoxy) is 3. The average molecular weight is 437 g/mol. The number of hydrogen-bond donors (Lipinski definition) is 2. The molecule has 1 heterocycles. The van der Waals surface area contributed by atoms with Crippen molar-refractivity contribution < 1.29 is 29.2 Å². The van der Waals surface area contributed by atoms with Crippen molar-refractivity contribution in [1.82, 2.24) is 0 Å². The summed E-state index contributed by atoms with van der Waals surface area (Å²) >= 11 is 0. The van der Waals surface area contributed by atoms with Gasteiger partial charge >= 0.3 is 5.97 Å². The molecular weight excluding hydrogens is 396 g/mol. The Morgan fingerprint density at radius 3 is 2.39 bits per heavy atom. The van der Waals surface area contributed by atoms with Gasteiger partial charge in [0.25, 0.3) is 0 Å². The van der Waals surface area contributed by atoms with Gasteiger partial charge in [-0.2, -0.15) is 0 Å². The molecule has 6 nitrogen and oxygen atoms in total. The Morgan fingerprint density at radius 2 is 1.84 bits per heavy atom. The lowest BCUT2D eigenvalue weighted by atomic mass is 9.87. The molecule has 0 aliphatic carbocycles. The van der Waals surface area contributed by atoms with Crippen LogP contribution in [0.25, 0.3) is 0 Å². The summed E-state index contributed by atoms with van der Waals surface area (Å²) in [5, 5.41) is 20.9. The Hall–Kier alpha value is -1.89. The molecule has 0 aromatic rings. The van der Waals surface area contributed by atoms with Crippen molar-refractivity contribution in [3.05, 3.63) is 47.3 Å². The van der Waals surface area contributed by atoms with Crippen molar-refractivity contribution in [2.45, 2.75) is 72.4 Å². The number of carbonyl (C=O) groups excluding carboxylic acids is 1. The summed E-state index contributed by atoms with van der Waals surface area (Å²) in [6, 6.07) is 0. The van der Waals surface area contributed by atoms with E-state index in [0.29, 0.717) is 0 Å². The van der Waals surface area contributed by atoms with E-state index in [2.05, 4.69) is 0 Å². The molecule has 0 amide bonds. The van der Waals surface area contributed by atoms with Crippen LogP contribution in [0, 0.1) is 17.8 Å². The van der Waals surface area contributed by atoms with E-state index in [0.717, 1.165) is 17.6 Å². The molecule has 0 aromatic carbocycles. The maximum absolute atomic E-state index is 12.9. The molecule has 0 saturated heterocycles. The van der Waals surface area contributed by atoms with E-state index in [1.165, 1.54) is 7.11 Å². The lowest BCUT2D eigenvalue weighted by Crippen LogP contribution is -2.41. The zero-order valence-electron chi connectivity index (χ0n) is 20.2. The lowest BCUT2D eigenvalue weighted by molar-refractivity contribution is -0.160. The van der Waals surface area contributed by atoms with E-state index in [1.807, 2.05) is 58.9 Å². The second-order valence-electron chi connectivity index (χ2n) is 8.72. The molecule has 0 radical (unpaired) electrons. The number of cyclic esters (lactones) is 1. The first kappa shape index (κ1) is 27.1. The zero-order chi connectivity index (χ0) is 23.7. The molecule has 176 valence electrons. The van der Waals surface area contributed by atoms with E-state index in [4.69, 9.17) is 14.2 Å². The van der Waals surface area contributed by atoms with E-state index >= 15 is 0 Å². The first-order valence-electron chi connectivity index (χ1n) is 10.9. The van der Waals surface area contributed by atoms with Crippen LogP contribution in [0.1, 0.15) is 48.0 Å². The average Bonchev–Trinajstić information content (AvgIpc) is 2.71. The number of esters is 1. The number of methoxy groups -OCH3 is 2. The number of hydrogen-bond acceptors (Lipinski definition) is 6. The van der Waals surface area contributed by atoms with Crippen LogP contribution >= 0.6 is 0 Å². The first-order chi connectivity index (χ1) is 14.5. The van der Waals surface area contributed by atoms with Gasteiger partial charge in [-0.3, -0.25) is 0 Å². The van der Waals surface area contributed by atoms with Crippen LogP contribution < -0.4 is 0 Å². The van der Waals surface area contributed by atoms with Gasteiger partial charge in [0.05, 0.1) is 19.3 Å². The monoisotopic (exact) mass is 436 g/mol. The highest BCUT2D eigenvalue weighted by molar-refractivity contribution is 5.87. The van der Waals surface area contributed by atoms with Crippen molar-refractivity contribution in [3.8, 4) is 0 Å². The maximum atomic E-state index is 12.9. The molecule has 2 N–H and O–H groups in total. The summed E-state index contributed by atoms with van der Waals surface area (Å²) in [5.74, 6) is -0.991. The standard InChI is InChI=1S/C25H40O6/c1-15-10-9-11-21(29-7)24(19(5)20(6)26)31-25(28)22(30-8)14-16(2)13-18(4)23(27)17(3)12-15/h9-11,13-14,17-21,23-24,26-27H,12H2,1-8H3/t17-,18?,19-,20-,21-,23-,24+/m0/s1. The maximum Gasteiger partial charge on any atom is 0.373 e. The van der Waals surface area contributed by atoms with E-state index in [-0.39, 0.29) is 23.5 Å². The van der Waals surface area contributed by atoms with Crippen LogP contribution in [0.4, 0.5) is 0 Å². The third kappa shape index (κ3) is 8.28. The fraction of sp³-hybridized carbons (Fsp3) is 0.640. The van der Waals surface area contributed by atoms with Crippen molar-refractivity contribution in [3.63, 3.8) is 0 Å². The molecule has 1 unspecified atom stereocenters. The second kappa shape index (κ2) is 12.8. The largest absolute Gasteiger partial charge is 0.490 e. The summed E-state index contributed by atoms with van der Waals surface area (Å²) in [7, 11) is 2.95. The highest BCUT2D eigenvalue weighted by Crippen LogP contribution is 2.24. The molecule has 0 fully saturated rings. The Balaban J connectivity index is 3.46. The second-order valence-corrected chi connectivity index (χ2v) is 8.72. The van der Waals surface area contributed by atoms with Crippen molar-refractivity contribution >= 4 is 5.97 Å². The van der Waals surface area contributed by atoms with Gasteiger partial charge in [0.2, 0.25) is 5.76 Å². The summed E-state index contributed by atoms with van der Waals surface area (Å²) < 4.78 is 16.6. The molecule has 31 heavy (non-hydrogen) atoms. The quantitative estimate of drug-likeness (QED) is 0.649. The summed E-state index contributed by atoms with van der Waals surface area (Å²) in [6.07, 6.45) is 7.45. The molecule has 7 atom stereocenters. The third-order valence-electron chi connectivity index (χ3n) is 5.87. The highest BCUT2D eigenvalue weighted by Gasteiger charge is 2.33. The van der Waals surface area contributed by atoms with Gasteiger partial charge in [0.1, 0.15) is 12.2 Å². The Labute approximate surface area is 187 Å². The van der Waals surface area contributed by atoms with Gasteiger partial charge in [-0.15, -0.1) is 0 Å². The molecule has 1 rings (SSSR count). The van der Waals surface area contributed by atoms with Crippen LogP contribution in [-0.2, 0) is 19.0 Å². The van der Waals surface area contributed by atoms with Crippen LogP contribution in [0.5, 0.6) is 0 Å². The molecule has 1 aliphatic heterocycles. The molecule has 0 saturated carbocycles. The minimum Gasteiger partial charge on any atom is -0.490 e. The predicted octanol–water partition coefficient (Wildman–Crippen LogP) is 3.95. The predicted molar refractivity (Wildman–Crippen MR) is 122 cm³/mol. The summed E-state index contributed by atoms with van der Waals surface area (Å²) in [4.78, 5) is 12.9. The van der Waals surface area contributed by atoms with Gasteiger partial charge in [-0.1, -0.05) is 56.2 Å². The smallest absolute Gasteiger partial charge is 0.373 e. The molecule has 6 heteroatoms. The normalized spacial score (nSPS) is 31.1. The van der Waals surface area contributed by atoms with Crippen molar-refractivity contribution in [2.24, 2.45) is 17.8 Å². The van der Waals surface area contributed by atoms with Crippen molar-refractivity contribution in [2.75, 3.05) is 14.2 Å². The Bertz CT molecular complexity index is 703. The topological polar surface area (TPSA) is 85.2 Å². The van der Waals surface area contributed by atoms with Gasteiger partial charge < -0.3 is 24.4 Å². The van der Waals surface area contributed by atoms with Crippen LogP contribution in [-0.4, -0.2) is 54.8 Å². The van der Waals surface area contributed by atoms with Gasteiger partial charge in [0.15, 0.2) is 0 Å². The number of aliphatic hydroxyl groups excluding tert-OH is 2. The minimum atomic E-state index is -0.710. The minimum absolute atomic E-state index is 0.0490. The van der Waals surface area contributed by atoms with E-state index < -0.39 is 30.4 Å². The molecule has 0 bridgehead atoms. The lowest BCUT2D eigenvalue weighted by Gasteiger charge is -2.30. The molecular formula is C25H40O6. The van der Waals surface area contributed by atoms with Crippen LogP contribution in [0.15, 0.2) is 47.3 Å². The highest BCUT2D eigenvalue weighted by atomic mass is 16.6. The molecule has 0 spiro atoms. The summed E-state index contributed by atoms with van der Waals surface area (Å²) in [5.41, 5.74) is 1.91. The summed E-state index contributed by atoms with van der Waals surface area (Å²) in [6.45, 7) is 11.3. The van der Waals surface area contributed by atoms with Crippen molar-refractivity contribution in [1.29, 1.82) is 0 Å². The van der Waals surface area contributed by atoms with Gasteiger partial charge in [-0.05, 0) is 39.2 Å². The van der Waals surface area contributed by atoms with Crippen LogP contribution in [0.2, 0.25) is 0 Å². The molecule has 1 aliphatic rings. The SMILES string of the molecule is COC1=CC(C)=CC(C)[C@@H](O)[C@@H](C)CC(C)=CC=C[C@H](OC)[C@@H]([C@@H](C)[C@H](C)O)OC1=O. The van der Waals surface area contributed by atoms with Gasteiger partial charge in [-0.25, -0.2) is 4.79 Å². The van der Waals surface area contributed by atoms with E-state index in [9.17, 15) is 15.0 Å². The first-order valence-corrected chi connectivity index (χ1v) is 10.9. The number of carbonyl (C=O) groups is 1. The van der Waals surface area contributed by atoms with E-state index in [1.54, 1.807) is 20.1 Å². The number of aliphatic hydroxyl groups is 2. The Kier molecular flexibility index (Phi) is 11.2. The fourth-order valence-electron chi connectivity index (χ4n) is 3.77. The zero-order valence-corrected chi connectivity index (χ0v) is 20.2. The van der Waals surface area contributed by atoms with Gasteiger partial charge in [0, 0.05) is 18.9 Å². The number of allylic oxidation sites excluding steroid dienone is 5. The Morgan fingerprint density at radius 1 is 1.19 bits per heavy atom. The fourth-order valence-corrected chi connectivity index (χ4v) is 3.77.